The highest BCUT2D eigenvalue weighted by molar-refractivity contribution is 5.74. The van der Waals surface area contributed by atoms with Gasteiger partial charge in [0.05, 0.1) is 90.2 Å². The highest BCUT2D eigenvalue weighted by Crippen LogP contribution is 2.42. The van der Waals surface area contributed by atoms with Gasteiger partial charge < -0.3 is 229 Å². The molecule has 0 bridgehead atoms. The molecule has 9 aliphatic rings. The van der Waals surface area contributed by atoms with Gasteiger partial charge in [0.1, 0.15) is 201 Å². The average molecular weight is 1730 g/mol. The van der Waals surface area contributed by atoms with Gasteiger partial charge in [0.25, 0.3) is 6.47 Å². The van der Waals surface area contributed by atoms with Crippen LogP contribution in [0.2, 0.25) is 0 Å². The van der Waals surface area contributed by atoms with E-state index in [1.165, 1.54) is 13.8 Å². The number of carbonyl (C=O) groups is 5. The van der Waals surface area contributed by atoms with Gasteiger partial charge in [-0.25, -0.2) is 0 Å². The number of nitrogens with one attached hydrogen (secondary N) is 4. The summed E-state index contributed by atoms with van der Waals surface area (Å²) in [5, 5.41) is 278. The van der Waals surface area contributed by atoms with Crippen LogP contribution in [0, 0.1) is 5.92 Å². The summed E-state index contributed by atoms with van der Waals surface area (Å²) < 4.78 is 107. The molecule has 0 aliphatic carbocycles. The van der Waals surface area contributed by atoms with Gasteiger partial charge in [-0.05, 0) is 6.92 Å². The van der Waals surface area contributed by atoms with E-state index in [0.29, 0.717) is 0 Å². The Labute approximate surface area is 670 Å². The maximum atomic E-state index is 13.2. The molecule has 0 aromatic heterocycles. The summed E-state index contributed by atoms with van der Waals surface area (Å²) in [6.07, 6.45) is -82.2. The van der Waals surface area contributed by atoms with Crippen molar-refractivity contribution >= 4 is 30.1 Å². The monoisotopic (exact) mass is 1720 g/mol. The van der Waals surface area contributed by atoms with Crippen molar-refractivity contribution in [2.24, 2.45) is 5.92 Å². The van der Waals surface area contributed by atoms with Crippen LogP contribution in [0.15, 0.2) is 0 Å². The summed E-state index contributed by atoms with van der Waals surface area (Å²) in [5.74, 6) is -7.07. The largest absolute Gasteiger partial charge is 0.410 e. The summed E-state index contributed by atoms with van der Waals surface area (Å²) in [5.41, 5.74) is 0. The zero-order valence-electron chi connectivity index (χ0n) is 64.3. The molecule has 9 aliphatic heterocycles. The van der Waals surface area contributed by atoms with Crippen molar-refractivity contribution in [1.82, 2.24) is 21.3 Å². The van der Waals surface area contributed by atoms with Crippen molar-refractivity contribution in [3.8, 4) is 0 Å². The number of ether oxygens (including phenoxy) is 18. The van der Waals surface area contributed by atoms with E-state index in [9.17, 15) is 147 Å². The minimum absolute atomic E-state index is 0.188. The first-order valence-corrected chi connectivity index (χ1v) is 37.9. The summed E-state index contributed by atoms with van der Waals surface area (Å²) in [6, 6.07) is -6.85. The lowest BCUT2D eigenvalue weighted by molar-refractivity contribution is -0.424. The van der Waals surface area contributed by atoms with Crippen LogP contribution in [0.1, 0.15) is 48.0 Å². The standard InChI is InChI=1S/C67H112N4O47/c1-18-24(84)7-67(103-17-79,118-53(18)38(86)25(85)8-72)102-16-33-42(90)48(96)51(99)63(111-33)113-55-30(13-77)109-62(37(47(55)95)71-23(6)83)117-59-50(98)41(89)28(11-75)107-66(59)115-57-43(91)32(15-101-65-58(49(97)40(88)27(10-74)106-65)116-60-35(69-21(4)81)44(92)39(87)26(9-73)105-60)110-64(52(57)100)114-56-31(14-78)108-61(36(46(56)94)70-22(5)82)112-54-29(12-76)104-19(2)34(45(54)93)68-20(3)80/h17-19,24-66,72-78,84-100H,7-16H2,1-6H3,(H,68,80)(H,69,81)(H,70,82)(H,71,83)/t18-,19+,24+,25+,26-,27?,28?,29?,30?,31?,32?,33?,34?,35?,36?,37?,38-,39-,40+,41+,42+,43+,44?,45-,46-,47-,48+,49+,50?,51?,52?,53?,54+,55+,56+,57+,58?,59?,60-,61+,62+,63+,64+,65-,66+,67+/m1/s1. The van der Waals surface area contributed by atoms with E-state index in [2.05, 4.69) is 21.3 Å². The van der Waals surface area contributed by atoms with E-state index < -0.39 is 371 Å². The number of aliphatic hydroxyl groups excluding tert-OH is 24. The minimum atomic E-state index is -2.66. The van der Waals surface area contributed by atoms with Crippen LogP contribution < -0.4 is 21.3 Å². The van der Waals surface area contributed by atoms with Crippen LogP contribution in [0.3, 0.4) is 0 Å². The van der Waals surface area contributed by atoms with Gasteiger partial charge in [0.15, 0.2) is 44.0 Å². The Balaban J connectivity index is 1.03. The molecular formula is C67H112N4O47. The van der Waals surface area contributed by atoms with Crippen molar-refractivity contribution in [3.05, 3.63) is 0 Å². The van der Waals surface area contributed by atoms with E-state index in [4.69, 9.17) is 85.3 Å². The molecule has 682 valence electrons. The fourth-order valence-electron chi connectivity index (χ4n) is 15.4. The molecule has 0 aromatic rings. The van der Waals surface area contributed by atoms with E-state index >= 15 is 0 Å². The van der Waals surface area contributed by atoms with Gasteiger partial charge in [-0.1, -0.05) is 6.92 Å². The second-order valence-corrected chi connectivity index (χ2v) is 30.1. The van der Waals surface area contributed by atoms with Crippen LogP contribution in [0.4, 0.5) is 0 Å². The topological polar surface area (TPSA) is 785 Å². The Hall–Kier alpha value is -4.29. The second-order valence-electron chi connectivity index (χ2n) is 30.1. The first kappa shape index (κ1) is 97.5. The van der Waals surface area contributed by atoms with Crippen molar-refractivity contribution in [3.63, 3.8) is 0 Å². The number of hydrogen-bond acceptors (Lipinski definition) is 47. The molecule has 0 saturated carbocycles. The van der Waals surface area contributed by atoms with Crippen molar-refractivity contribution < 1.29 is 232 Å². The number of hydrogen-bond donors (Lipinski definition) is 28. The molecular weight excluding hydrogens is 1610 g/mol. The van der Waals surface area contributed by atoms with Gasteiger partial charge in [-0.2, -0.15) is 0 Å². The number of rotatable bonds is 33. The smallest absolute Gasteiger partial charge is 0.332 e. The quantitative estimate of drug-likeness (QED) is 0.0214. The molecule has 28 N–H and O–H groups in total. The predicted octanol–water partition coefficient (Wildman–Crippen LogP) is -18.5. The lowest BCUT2D eigenvalue weighted by atomic mass is 9.87. The summed E-state index contributed by atoms with van der Waals surface area (Å²) in [4.78, 5) is 62.8. The van der Waals surface area contributed by atoms with Gasteiger partial charge in [0, 0.05) is 33.6 Å². The third kappa shape index (κ3) is 21.8. The molecule has 18 unspecified atom stereocenters. The van der Waals surface area contributed by atoms with Crippen molar-refractivity contribution in [2.45, 2.75) is 324 Å². The SMILES string of the molecule is CC(=O)NC1C(O)[C@H](O)[C@@H](CO)O[C@@H]1OC1[C@H](OCC2O[C@@H](O[C@H]3C(CO)O[C@@H](O[C@H]4C(CO)O[C@@H](C)C(NC(C)=O)[C@H]4O)C(NC(C)=O)[C@H]3O)C(O)[C@@H](O[C@@H]3OC(CO)[C@H](O)C(O)C3O[C@@H]3OC(CO)[C@H](O[C@@H]4OC(CO[C@]5(OC=O)C[C@H](O)[C@@H](C)C([C@H](O)[C@@H](O)CO)O5)[C@H](O)[C@H](O)C4O)[C@H](O)C3NC(C)=O)[C@H]2O)OC(CO)[C@H](O)[C@@H]1O. The first-order chi connectivity index (χ1) is 55.8. The molecule has 9 heterocycles. The Morgan fingerprint density at radius 3 is 1.19 bits per heavy atom. The fourth-order valence-corrected chi connectivity index (χ4v) is 15.4. The molecule has 51 nitrogen and oxygen atoms in total. The minimum Gasteiger partial charge on any atom is -0.410 e. The molecule has 4 amide bonds. The Bertz CT molecular complexity index is 3180. The van der Waals surface area contributed by atoms with Crippen molar-refractivity contribution in [1.29, 1.82) is 0 Å². The van der Waals surface area contributed by atoms with Crippen LogP contribution in [-0.2, 0) is 109 Å². The maximum Gasteiger partial charge on any atom is 0.332 e. The molecule has 0 spiro atoms. The van der Waals surface area contributed by atoms with Crippen molar-refractivity contribution in [2.75, 3.05) is 59.5 Å². The summed E-state index contributed by atoms with van der Waals surface area (Å²) in [7, 11) is 0. The third-order valence-corrected chi connectivity index (χ3v) is 21.9. The van der Waals surface area contributed by atoms with Crippen LogP contribution >= 0.6 is 0 Å². The highest BCUT2D eigenvalue weighted by Gasteiger charge is 2.61. The highest BCUT2D eigenvalue weighted by atomic mass is 16.9. The van der Waals surface area contributed by atoms with E-state index in [-0.39, 0.29) is 6.47 Å². The van der Waals surface area contributed by atoms with Gasteiger partial charge >= 0.3 is 5.97 Å². The van der Waals surface area contributed by atoms with E-state index in [1.807, 2.05) is 0 Å². The lowest BCUT2D eigenvalue weighted by Gasteiger charge is -2.51. The normalized spacial score (nSPS) is 47.5. The van der Waals surface area contributed by atoms with E-state index in [0.717, 1.165) is 27.7 Å². The van der Waals surface area contributed by atoms with Crippen LogP contribution in [-0.4, -0.2) is 488 Å². The maximum absolute atomic E-state index is 13.2. The Morgan fingerprint density at radius 1 is 0.381 bits per heavy atom. The molecule has 9 fully saturated rings. The Kier molecular flexibility index (Phi) is 35.2. The molecule has 118 heavy (non-hydrogen) atoms. The van der Waals surface area contributed by atoms with Gasteiger partial charge in [-0.15, -0.1) is 0 Å². The van der Waals surface area contributed by atoms with Gasteiger partial charge in [-0.3, -0.25) is 24.0 Å². The summed E-state index contributed by atoms with van der Waals surface area (Å²) >= 11 is 0. The summed E-state index contributed by atoms with van der Waals surface area (Å²) in [6.45, 7) is -3.02. The molecule has 51 heteroatoms. The molecule has 0 radical (unpaired) electrons. The number of carbonyl (C=O) groups excluding carboxylic acids is 5. The van der Waals surface area contributed by atoms with E-state index in [1.54, 1.807) is 0 Å². The number of amides is 4. The average Bonchev–Trinajstić information content (AvgIpc) is 0.766. The third-order valence-electron chi connectivity index (χ3n) is 21.9. The first-order valence-electron chi connectivity index (χ1n) is 37.9. The predicted molar refractivity (Wildman–Crippen MR) is 367 cm³/mol. The Morgan fingerprint density at radius 2 is 0.737 bits per heavy atom. The number of aliphatic hydroxyl groups is 24. The second kappa shape index (κ2) is 42.6. The zero-order chi connectivity index (χ0) is 87.1. The molecule has 46 atom stereocenters. The van der Waals surface area contributed by atoms with Gasteiger partial charge in [0.2, 0.25) is 23.6 Å². The molecule has 9 rings (SSSR count). The lowest BCUT2D eigenvalue weighted by Crippen LogP contribution is -2.71. The molecule has 0 aromatic carbocycles. The fraction of sp³-hybridized carbons (Fsp3) is 0.925. The van der Waals surface area contributed by atoms with Crippen LogP contribution in [0.25, 0.3) is 0 Å². The molecule has 9 saturated heterocycles. The zero-order valence-corrected chi connectivity index (χ0v) is 64.3. The van der Waals surface area contributed by atoms with Crippen LogP contribution in [0.5, 0.6) is 0 Å².